The van der Waals surface area contributed by atoms with Crippen LogP contribution in [0.5, 0.6) is 5.75 Å². The summed E-state index contributed by atoms with van der Waals surface area (Å²) in [4.78, 5) is 8.36. The summed E-state index contributed by atoms with van der Waals surface area (Å²) in [5.41, 5.74) is -2.46. The van der Waals surface area contributed by atoms with Gasteiger partial charge in [0.25, 0.3) is 12.1 Å². The predicted octanol–water partition coefficient (Wildman–Crippen LogP) is 4.20. The number of carboxylic acid groups (broad SMARTS) is 1. The van der Waals surface area contributed by atoms with Crippen molar-refractivity contribution in [3.8, 4) is 5.75 Å². The summed E-state index contributed by atoms with van der Waals surface area (Å²) in [7, 11) is 0.989. The lowest BCUT2D eigenvalue weighted by Gasteiger charge is -2.35. The second kappa shape index (κ2) is 10.5. The molecule has 28 heavy (non-hydrogen) atoms. The number of methoxy groups -OCH3 is 1. The van der Waals surface area contributed by atoms with Crippen molar-refractivity contribution in [1.82, 2.24) is 0 Å². The average Bonchev–Trinajstić information content (AvgIpc) is 2.55. The van der Waals surface area contributed by atoms with Crippen LogP contribution in [0.4, 0.5) is 30.7 Å². The molecule has 0 radical (unpaired) electrons. The van der Waals surface area contributed by atoms with Crippen LogP contribution in [0.15, 0.2) is 6.07 Å². The second-order valence-corrected chi connectivity index (χ2v) is 5.08. The first-order valence-corrected chi connectivity index (χ1v) is 7.68. The minimum absolute atomic E-state index is 0.0406. The quantitative estimate of drug-likeness (QED) is 0.499. The van der Waals surface area contributed by atoms with Crippen molar-refractivity contribution in [2.24, 2.45) is 5.73 Å². The van der Waals surface area contributed by atoms with E-state index in [1.165, 1.54) is 6.92 Å². The summed E-state index contributed by atoms with van der Waals surface area (Å²) in [6, 6.07) is -1.17. The molecular weight excluding hydrogens is 403 g/mol. The third-order valence-corrected chi connectivity index (χ3v) is 3.41. The zero-order valence-corrected chi connectivity index (χ0v) is 15.7. The molecule has 0 aromatic heterocycles. The Labute approximate surface area is 156 Å². The molecule has 0 amide bonds. The molecule has 0 aliphatic rings. The van der Waals surface area contributed by atoms with Crippen LogP contribution in [0.3, 0.4) is 0 Å². The fourth-order valence-electron chi connectivity index (χ4n) is 2.34. The van der Waals surface area contributed by atoms with E-state index >= 15 is 0 Å². The van der Waals surface area contributed by atoms with E-state index in [1.54, 1.807) is 0 Å². The molecule has 0 fully saturated rings. The Morgan fingerprint density at radius 1 is 1.14 bits per heavy atom. The molecule has 1 rings (SSSR count). The molecule has 0 saturated heterocycles. The van der Waals surface area contributed by atoms with Crippen molar-refractivity contribution in [2.75, 3.05) is 7.11 Å². The van der Waals surface area contributed by atoms with E-state index in [-0.39, 0.29) is 12.5 Å². The van der Waals surface area contributed by atoms with Crippen LogP contribution >= 0.6 is 0 Å². The Hall–Kier alpha value is -2.08. The van der Waals surface area contributed by atoms with Crippen LogP contribution in [0.1, 0.15) is 43.5 Å². The Kier molecular flexibility index (Phi) is 10.5. The molecule has 4 N–H and O–H groups in total. The number of hydrogen-bond donors (Lipinski definition) is 3. The maximum atomic E-state index is 13.9. The van der Waals surface area contributed by atoms with Gasteiger partial charge in [0.1, 0.15) is 0 Å². The number of hydrogen-bond acceptors (Lipinski definition) is 4. The monoisotopic (exact) mass is 425 g/mol. The zero-order valence-electron chi connectivity index (χ0n) is 15.7. The molecule has 1 unspecified atom stereocenters. The van der Waals surface area contributed by atoms with Crippen molar-refractivity contribution in [3.63, 3.8) is 0 Å². The molecule has 1 aromatic rings. The highest BCUT2D eigenvalue weighted by atomic mass is 19.4. The highest BCUT2D eigenvalue weighted by Crippen LogP contribution is 2.52. The van der Waals surface area contributed by atoms with Crippen molar-refractivity contribution in [2.45, 2.75) is 51.7 Å². The first-order chi connectivity index (χ1) is 12.6. The second-order valence-electron chi connectivity index (χ2n) is 5.08. The molecule has 0 spiro atoms. The summed E-state index contributed by atoms with van der Waals surface area (Å²) < 4.78 is 96.3. The van der Waals surface area contributed by atoms with Gasteiger partial charge in [0.15, 0.2) is 11.6 Å². The van der Waals surface area contributed by atoms with Crippen molar-refractivity contribution in [3.05, 3.63) is 28.6 Å². The highest BCUT2D eigenvalue weighted by molar-refractivity contribution is 5.50. The van der Waals surface area contributed by atoms with E-state index in [0.717, 1.165) is 14.0 Å². The van der Waals surface area contributed by atoms with Gasteiger partial charge in [-0.25, -0.2) is 4.39 Å². The number of nitrogens with two attached hydrogens (primary N) is 1. The molecule has 12 heteroatoms. The summed E-state index contributed by atoms with van der Waals surface area (Å²) in [5.74, 6) is -2.07. The lowest BCUT2D eigenvalue weighted by molar-refractivity contribution is -0.376. The number of rotatable bonds is 3. The summed E-state index contributed by atoms with van der Waals surface area (Å²) in [6.45, 7) is 5.85. The smallest absolute Gasteiger partial charge is 0.430 e. The van der Waals surface area contributed by atoms with Crippen LogP contribution in [0.2, 0.25) is 0 Å². The molecule has 164 valence electrons. The molecule has 0 heterocycles. The van der Waals surface area contributed by atoms with Crippen LogP contribution < -0.4 is 10.5 Å². The van der Waals surface area contributed by atoms with Crippen LogP contribution in [-0.2, 0) is 10.4 Å². The van der Waals surface area contributed by atoms with E-state index in [2.05, 4.69) is 4.74 Å². The predicted molar refractivity (Wildman–Crippen MR) is 86.3 cm³/mol. The van der Waals surface area contributed by atoms with Gasteiger partial charge in [0.2, 0.25) is 0 Å². The molecule has 0 aliphatic heterocycles. The third kappa shape index (κ3) is 5.47. The van der Waals surface area contributed by atoms with Crippen molar-refractivity contribution < 1.29 is 50.5 Å². The maximum absolute atomic E-state index is 13.9. The van der Waals surface area contributed by atoms with Gasteiger partial charge in [0, 0.05) is 17.2 Å². The Morgan fingerprint density at radius 3 is 1.75 bits per heavy atom. The molecule has 0 saturated carbocycles. The van der Waals surface area contributed by atoms with E-state index in [1.807, 2.05) is 13.8 Å². The Morgan fingerprint density at radius 2 is 1.50 bits per heavy atom. The number of alkyl halides is 6. The van der Waals surface area contributed by atoms with Gasteiger partial charge in [-0.05, 0) is 25.5 Å². The number of benzene rings is 1. The Bertz CT molecular complexity index is 629. The van der Waals surface area contributed by atoms with Gasteiger partial charge in [0.05, 0.1) is 7.11 Å². The van der Waals surface area contributed by atoms with Gasteiger partial charge < -0.3 is 20.7 Å². The summed E-state index contributed by atoms with van der Waals surface area (Å²) in [6.07, 6.45) is -12.2. The maximum Gasteiger partial charge on any atom is 0.430 e. The van der Waals surface area contributed by atoms with Gasteiger partial charge in [-0.15, -0.1) is 0 Å². The molecule has 0 aliphatic carbocycles. The zero-order chi connectivity index (χ0) is 23.1. The van der Waals surface area contributed by atoms with Gasteiger partial charge in [-0.1, -0.05) is 13.8 Å². The van der Waals surface area contributed by atoms with E-state index in [4.69, 9.17) is 15.6 Å². The summed E-state index contributed by atoms with van der Waals surface area (Å²) >= 11 is 0. The molecule has 1 atom stereocenters. The van der Waals surface area contributed by atoms with Crippen molar-refractivity contribution in [1.29, 1.82) is 0 Å². The Balaban J connectivity index is 0. The summed E-state index contributed by atoms with van der Waals surface area (Å²) in [5, 5.41) is 16.3. The van der Waals surface area contributed by atoms with Gasteiger partial charge >= 0.3 is 12.4 Å². The number of carbonyl (C=O) groups is 1. The molecular formula is C16H22F7NO4. The number of aliphatic hydroxyl groups is 1. The molecule has 5 nitrogen and oxygen atoms in total. The van der Waals surface area contributed by atoms with Gasteiger partial charge in [-0.3, -0.25) is 4.79 Å². The topological polar surface area (TPSA) is 92.8 Å². The van der Waals surface area contributed by atoms with Crippen molar-refractivity contribution >= 4 is 6.47 Å². The first kappa shape index (κ1) is 28.1. The van der Waals surface area contributed by atoms with Crippen LogP contribution in [-0.4, -0.2) is 36.1 Å². The minimum Gasteiger partial charge on any atom is -0.493 e. The fraction of sp³-hybridized carbons (Fsp3) is 0.562. The number of halogens is 7. The van der Waals surface area contributed by atoms with E-state index in [0.29, 0.717) is 0 Å². The fourth-order valence-corrected chi connectivity index (χ4v) is 2.34. The largest absolute Gasteiger partial charge is 0.493 e. The lowest BCUT2D eigenvalue weighted by atomic mass is 9.84. The lowest BCUT2D eigenvalue weighted by Crippen LogP contribution is -2.54. The number of ether oxygens (including phenoxy) is 1. The van der Waals surface area contributed by atoms with Gasteiger partial charge in [-0.2, -0.15) is 26.3 Å². The SMILES string of the molecule is CC.COc1c(F)cc(C(O)(C(F)(F)F)C(F)(F)F)c(C)c1C(C)N.O=CO. The normalized spacial score (nSPS) is 12.8. The van der Waals surface area contributed by atoms with Crippen LogP contribution in [0.25, 0.3) is 0 Å². The standard InChI is InChI=1S/C13H14F7NO2.C2H6.CH2O2/c1-5-7(11(22,12(15,16)17)13(18,19)20)4-8(14)10(23-3)9(5)6(2)21;1-2;2-1-3/h4,6,22H,21H2,1-3H3;1-2H3;1H,(H,2,3). The first-order valence-electron chi connectivity index (χ1n) is 7.68. The van der Waals surface area contributed by atoms with E-state index < -0.39 is 52.3 Å². The average molecular weight is 425 g/mol. The highest BCUT2D eigenvalue weighted by Gasteiger charge is 2.72. The molecule has 0 bridgehead atoms. The molecule has 1 aromatic carbocycles. The van der Waals surface area contributed by atoms with E-state index in [9.17, 15) is 35.8 Å². The van der Waals surface area contributed by atoms with Crippen LogP contribution in [0, 0.1) is 12.7 Å². The third-order valence-electron chi connectivity index (χ3n) is 3.41. The minimum atomic E-state index is -6.12.